The maximum atomic E-state index is 13.1. The lowest BCUT2D eigenvalue weighted by Gasteiger charge is -2.14. The van der Waals surface area contributed by atoms with Crippen LogP contribution in [0.1, 0.15) is 44.2 Å². The number of ether oxygens (including phenoxy) is 1. The number of quaternary nitrogens is 1. The Labute approximate surface area is 173 Å². The van der Waals surface area contributed by atoms with E-state index in [1.165, 1.54) is 6.26 Å². The van der Waals surface area contributed by atoms with Crippen molar-refractivity contribution in [3.63, 3.8) is 0 Å². The minimum absolute atomic E-state index is 0.0767. The standard InChI is InChI=1S/C22H26N2O4S/c1-5-6-7-14-8-15-19(9-18(14)28-22(26)20(23)12(2)3)27-10-16(21(15)25)17-11-29-13(4)24-17/h8-12,20H,5-7,23H2,1-4H3/p+2. The number of rotatable bonds is 7. The minimum Gasteiger partial charge on any atom is -0.463 e. The van der Waals surface area contributed by atoms with Crippen LogP contribution in [-0.2, 0) is 11.2 Å². The Morgan fingerprint density at radius 2 is 2.10 bits per heavy atom. The number of carbonyl (C=O) groups excluding carboxylic acids is 1. The molecule has 3 rings (SSSR count). The first-order valence-electron chi connectivity index (χ1n) is 9.92. The van der Waals surface area contributed by atoms with Gasteiger partial charge in [0.1, 0.15) is 23.2 Å². The van der Waals surface area contributed by atoms with Gasteiger partial charge in [-0.3, -0.25) is 4.79 Å². The highest BCUT2D eigenvalue weighted by atomic mass is 32.1. The average molecular weight is 417 g/mol. The van der Waals surface area contributed by atoms with Crippen LogP contribution in [0.15, 0.2) is 33.0 Å². The Morgan fingerprint density at radius 3 is 2.72 bits per heavy atom. The van der Waals surface area contributed by atoms with Gasteiger partial charge < -0.3 is 14.9 Å². The van der Waals surface area contributed by atoms with Gasteiger partial charge >= 0.3 is 5.97 Å². The van der Waals surface area contributed by atoms with Crippen molar-refractivity contribution in [2.75, 3.05) is 0 Å². The molecule has 1 aromatic carbocycles. The number of carbonyl (C=O) groups is 1. The molecule has 154 valence electrons. The first-order valence-corrected chi connectivity index (χ1v) is 10.8. The van der Waals surface area contributed by atoms with Gasteiger partial charge in [-0.1, -0.05) is 38.5 Å². The van der Waals surface area contributed by atoms with Crippen molar-refractivity contribution in [1.29, 1.82) is 0 Å². The van der Waals surface area contributed by atoms with Crippen molar-refractivity contribution in [2.45, 2.75) is 53.0 Å². The number of unbranched alkanes of at least 4 members (excludes halogenated alkanes) is 1. The van der Waals surface area contributed by atoms with Crippen LogP contribution in [0.3, 0.4) is 0 Å². The van der Waals surface area contributed by atoms with E-state index < -0.39 is 6.04 Å². The van der Waals surface area contributed by atoms with Gasteiger partial charge in [-0.25, -0.2) is 4.79 Å². The van der Waals surface area contributed by atoms with E-state index in [9.17, 15) is 9.59 Å². The first-order chi connectivity index (χ1) is 13.8. The number of thiazole rings is 1. The Kier molecular flexibility index (Phi) is 6.49. The molecule has 0 fully saturated rings. The highest BCUT2D eigenvalue weighted by Crippen LogP contribution is 2.28. The quantitative estimate of drug-likeness (QED) is 0.472. The van der Waals surface area contributed by atoms with Gasteiger partial charge in [0.05, 0.1) is 10.8 Å². The highest BCUT2D eigenvalue weighted by molar-refractivity contribution is 7.09. The molecule has 0 saturated heterocycles. The van der Waals surface area contributed by atoms with Crippen LogP contribution >= 0.6 is 11.3 Å². The van der Waals surface area contributed by atoms with Crippen LogP contribution in [-0.4, -0.2) is 12.0 Å². The van der Waals surface area contributed by atoms with Crippen LogP contribution in [0.5, 0.6) is 5.75 Å². The molecule has 7 heteroatoms. The van der Waals surface area contributed by atoms with Crippen LogP contribution in [0.4, 0.5) is 0 Å². The molecular weight excluding hydrogens is 388 g/mol. The second-order valence-electron chi connectivity index (χ2n) is 7.64. The maximum absolute atomic E-state index is 13.1. The van der Waals surface area contributed by atoms with Crippen molar-refractivity contribution < 1.29 is 24.7 Å². The van der Waals surface area contributed by atoms with Crippen molar-refractivity contribution in [1.82, 2.24) is 0 Å². The van der Waals surface area contributed by atoms with Gasteiger partial charge in [0.2, 0.25) is 16.1 Å². The molecule has 4 N–H and O–H groups in total. The molecule has 2 heterocycles. The molecule has 1 unspecified atom stereocenters. The van der Waals surface area contributed by atoms with Crippen LogP contribution in [0.2, 0.25) is 0 Å². The molecule has 3 aromatic rings. The third-order valence-corrected chi connectivity index (χ3v) is 5.84. The number of aromatic amines is 1. The summed E-state index contributed by atoms with van der Waals surface area (Å²) in [5, 5.41) is 3.40. The lowest BCUT2D eigenvalue weighted by atomic mass is 10.0. The normalized spacial score (nSPS) is 12.5. The van der Waals surface area contributed by atoms with E-state index in [0.717, 1.165) is 29.1 Å². The number of aryl methyl sites for hydroxylation is 2. The Balaban J connectivity index is 2.08. The summed E-state index contributed by atoms with van der Waals surface area (Å²) < 4.78 is 11.4. The van der Waals surface area contributed by atoms with Gasteiger partial charge in [-0.05, 0) is 24.5 Å². The molecule has 29 heavy (non-hydrogen) atoms. The van der Waals surface area contributed by atoms with Gasteiger partial charge in [-0.2, -0.15) is 4.98 Å². The summed E-state index contributed by atoms with van der Waals surface area (Å²) in [7, 11) is 0. The summed E-state index contributed by atoms with van der Waals surface area (Å²) in [6.07, 6.45) is 4.09. The third-order valence-electron chi connectivity index (χ3n) is 5.03. The van der Waals surface area contributed by atoms with E-state index in [0.29, 0.717) is 28.7 Å². The molecule has 0 aliphatic heterocycles. The first kappa shape index (κ1) is 21.2. The molecule has 0 radical (unpaired) electrons. The van der Waals surface area contributed by atoms with Crippen LogP contribution in [0, 0.1) is 12.8 Å². The molecule has 0 saturated carbocycles. The average Bonchev–Trinajstić information content (AvgIpc) is 3.12. The molecule has 1 atom stereocenters. The van der Waals surface area contributed by atoms with Crippen molar-refractivity contribution >= 4 is 28.3 Å². The zero-order valence-electron chi connectivity index (χ0n) is 17.3. The third kappa shape index (κ3) is 4.57. The van der Waals surface area contributed by atoms with Gasteiger partial charge in [0.25, 0.3) is 0 Å². The minimum atomic E-state index is -0.462. The lowest BCUT2D eigenvalue weighted by Crippen LogP contribution is -2.68. The van der Waals surface area contributed by atoms with E-state index in [1.54, 1.807) is 23.5 Å². The van der Waals surface area contributed by atoms with E-state index in [4.69, 9.17) is 9.15 Å². The lowest BCUT2D eigenvalue weighted by molar-refractivity contribution is -0.417. The number of benzene rings is 1. The summed E-state index contributed by atoms with van der Waals surface area (Å²) >= 11 is 1.54. The number of fused-ring (bicyclic) bond motifs is 1. The maximum Gasteiger partial charge on any atom is 0.370 e. The number of nitrogens with one attached hydrogen (secondary N) is 1. The Bertz CT molecular complexity index is 1080. The summed E-state index contributed by atoms with van der Waals surface area (Å²) in [4.78, 5) is 28.7. The fraction of sp³-hybridized carbons (Fsp3) is 0.409. The van der Waals surface area contributed by atoms with E-state index in [1.807, 2.05) is 26.2 Å². The number of hydrogen-bond acceptors (Lipinski definition) is 5. The zero-order chi connectivity index (χ0) is 21.1. The fourth-order valence-electron chi connectivity index (χ4n) is 3.03. The second kappa shape index (κ2) is 8.88. The highest BCUT2D eigenvalue weighted by Gasteiger charge is 2.25. The number of hydrogen-bond donors (Lipinski definition) is 1. The van der Waals surface area contributed by atoms with Gasteiger partial charge in [0.15, 0.2) is 6.04 Å². The molecule has 0 bridgehead atoms. The topological polar surface area (TPSA) is 98.3 Å². The van der Waals surface area contributed by atoms with Crippen molar-refractivity contribution in [2.24, 2.45) is 5.92 Å². The predicted molar refractivity (Wildman–Crippen MR) is 113 cm³/mol. The molecule has 0 amide bonds. The second-order valence-corrected chi connectivity index (χ2v) is 8.72. The van der Waals surface area contributed by atoms with E-state index in [-0.39, 0.29) is 17.3 Å². The largest absolute Gasteiger partial charge is 0.463 e. The van der Waals surface area contributed by atoms with Gasteiger partial charge in [0, 0.05) is 18.9 Å². The predicted octanol–water partition coefficient (Wildman–Crippen LogP) is 3.16. The summed E-state index contributed by atoms with van der Waals surface area (Å²) in [5.41, 5.74) is 6.26. The number of esters is 1. The Morgan fingerprint density at radius 1 is 1.34 bits per heavy atom. The number of H-pyrrole nitrogens is 1. The van der Waals surface area contributed by atoms with Crippen molar-refractivity contribution in [3.05, 3.63) is 44.6 Å². The molecule has 0 aliphatic carbocycles. The van der Waals surface area contributed by atoms with E-state index in [2.05, 4.69) is 17.6 Å². The molecule has 6 nitrogen and oxygen atoms in total. The number of aromatic nitrogens is 1. The molecule has 0 spiro atoms. The van der Waals surface area contributed by atoms with Crippen molar-refractivity contribution in [3.8, 4) is 17.0 Å². The monoisotopic (exact) mass is 416 g/mol. The smallest absolute Gasteiger partial charge is 0.370 e. The summed E-state index contributed by atoms with van der Waals surface area (Å²) in [6.45, 7) is 7.91. The van der Waals surface area contributed by atoms with Gasteiger partial charge in [-0.15, -0.1) is 0 Å². The van der Waals surface area contributed by atoms with E-state index >= 15 is 0 Å². The zero-order valence-corrected chi connectivity index (χ0v) is 18.2. The molecule has 0 aliphatic rings. The summed E-state index contributed by atoms with van der Waals surface area (Å²) in [6, 6.07) is 2.99. The molecular formula is C22H28N2O4S+2. The van der Waals surface area contributed by atoms with Crippen LogP contribution in [0.25, 0.3) is 22.2 Å². The Hall–Kier alpha value is -2.51. The van der Waals surface area contributed by atoms with Crippen LogP contribution < -0.4 is 20.9 Å². The summed E-state index contributed by atoms with van der Waals surface area (Å²) in [5.74, 6) is 0.145. The molecule has 2 aromatic heterocycles. The fourth-order valence-corrected chi connectivity index (χ4v) is 3.68. The SMILES string of the molecule is CCCCc1cc2c(=O)c(-c3csc(C)[nH+]3)coc2cc1OC(=O)C([NH3+])C(C)C.